The number of hydrogen-bond donors (Lipinski definition) is 1. The largest absolute Gasteiger partial charge is 0.461 e. The number of fused-ring (bicyclic) bond motifs is 1. The van der Waals surface area contributed by atoms with Crippen LogP contribution in [0, 0.1) is 0 Å². The monoisotopic (exact) mass is 193 g/mol. The van der Waals surface area contributed by atoms with Gasteiger partial charge in [-0.3, -0.25) is 0 Å². The SMILES string of the molecule is CCOC(=O)c1[nH]cc2c1CCCC2. The Hall–Kier alpha value is -1.25. The molecule has 0 bridgehead atoms. The van der Waals surface area contributed by atoms with Crippen LogP contribution in [0.5, 0.6) is 0 Å². The van der Waals surface area contributed by atoms with Gasteiger partial charge in [0.1, 0.15) is 5.69 Å². The van der Waals surface area contributed by atoms with E-state index in [9.17, 15) is 4.79 Å². The number of hydrogen-bond acceptors (Lipinski definition) is 2. The van der Waals surface area contributed by atoms with E-state index >= 15 is 0 Å². The topological polar surface area (TPSA) is 42.1 Å². The second-order valence-corrected chi connectivity index (χ2v) is 3.60. The molecule has 14 heavy (non-hydrogen) atoms. The van der Waals surface area contributed by atoms with Crippen molar-refractivity contribution >= 4 is 5.97 Å². The van der Waals surface area contributed by atoms with Gasteiger partial charge in [-0.2, -0.15) is 0 Å². The van der Waals surface area contributed by atoms with Gasteiger partial charge in [0.15, 0.2) is 0 Å². The van der Waals surface area contributed by atoms with Crippen molar-refractivity contribution in [3.05, 3.63) is 23.0 Å². The molecule has 0 saturated carbocycles. The predicted octanol–water partition coefficient (Wildman–Crippen LogP) is 2.07. The standard InChI is InChI=1S/C11H15NO2/c1-2-14-11(13)10-9-6-4-3-5-8(9)7-12-10/h7,12H,2-6H2,1H3. The third-order valence-electron chi connectivity index (χ3n) is 2.68. The van der Waals surface area contributed by atoms with E-state index in [0.717, 1.165) is 12.8 Å². The predicted molar refractivity (Wildman–Crippen MR) is 53.4 cm³/mol. The van der Waals surface area contributed by atoms with Gasteiger partial charge in [0, 0.05) is 6.20 Å². The lowest BCUT2D eigenvalue weighted by Crippen LogP contribution is -2.10. The van der Waals surface area contributed by atoms with Crippen LogP contribution in [0.25, 0.3) is 0 Å². The zero-order chi connectivity index (χ0) is 9.97. The van der Waals surface area contributed by atoms with Crippen molar-refractivity contribution in [2.75, 3.05) is 6.61 Å². The lowest BCUT2D eigenvalue weighted by atomic mass is 9.94. The Morgan fingerprint density at radius 3 is 3.07 bits per heavy atom. The van der Waals surface area contributed by atoms with Crippen LogP contribution >= 0.6 is 0 Å². The summed E-state index contributed by atoms with van der Waals surface area (Å²) in [6.07, 6.45) is 6.45. The summed E-state index contributed by atoms with van der Waals surface area (Å²) in [5.41, 5.74) is 3.13. The van der Waals surface area contributed by atoms with Gasteiger partial charge in [0.25, 0.3) is 0 Å². The van der Waals surface area contributed by atoms with Crippen molar-refractivity contribution in [2.24, 2.45) is 0 Å². The fraction of sp³-hybridized carbons (Fsp3) is 0.545. The Morgan fingerprint density at radius 1 is 1.50 bits per heavy atom. The Morgan fingerprint density at radius 2 is 2.29 bits per heavy atom. The maximum atomic E-state index is 11.5. The van der Waals surface area contributed by atoms with Crippen LogP contribution in [0.1, 0.15) is 41.4 Å². The number of H-pyrrole nitrogens is 1. The van der Waals surface area contributed by atoms with Crippen LogP contribution in [0.3, 0.4) is 0 Å². The van der Waals surface area contributed by atoms with E-state index in [1.54, 1.807) is 0 Å². The van der Waals surface area contributed by atoms with Crippen molar-refractivity contribution in [3.63, 3.8) is 0 Å². The van der Waals surface area contributed by atoms with E-state index in [1.807, 2.05) is 13.1 Å². The number of carbonyl (C=O) groups excluding carboxylic acids is 1. The summed E-state index contributed by atoms with van der Waals surface area (Å²) in [5, 5.41) is 0. The summed E-state index contributed by atoms with van der Waals surface area (Å²) in [6, 6.07) is 0. The molecule has 0 aliphatic heterocycles. The average Bonchev–Trinajstić information content (AvgIpc) is 2.61. The quantitative estimate of drug-likeness (QED) is 0.730. The van der Waals surface area contributed by atoms with Crippen LogP contribution in [0.15, 0.2) is 6.20 Å². The molecule has 3 nitrogen and oxygen atoms in total. The Kier molecular flexibility index (Phi) is 2.57. The first-order chi connectivity index (χ1) is 6.83. The molecule has 0 saturated heterocycles. The van der Waals surface area contributed by atoms with Crippen LogP contribution in [0.4, 0.5) is 0 Å². The highest BCUT2D eigenvalue weighted by atomic mass is 16.5. The maximum Gasteiger partial charge on any atom is 0.355 e. The number of ether oxygens (including phenoxy) is 1. The lowest BCUT2D eigenvalue weighted by Gasteiger charge is -2.11. The lowest BCUT2D eigenvalue weighted by molar-refractivity contribution is 0.0519. The average molecular weight is 193 g/mol. The number of carbonyl (C=O) groups is 1. The van der Waals surface area contributed by atoms with Gasteiger partial charge in [-0.15, -0.1) is 0 Å². The molecule has 0 amide bonds. The van der Waals surface area contributed by atoms with Gasteiger partial charge in [0.05, 0.1) is 6.61 Å². The number of aromatic amines is 1. The molecule has 1 N–H and O–H groups in total. The minimum absolute atomic E-state index is 0.212. The highest BCUT2D eigenvalue weighted by Gasteiger charge is 2.20. The van der Waals surface area contributed by atoms with Crippen LogP contribution in [0.2, 0.25) is 0 Å². The van der Waals surface area contributed by atoms with Gasteiger partial charge in [-0.05, 0) is 43.7 Å². The van der Waals surface area contributed by atoms with Crippen molar-refractivity contribution in [1.82, 2.24) is 4.98 Å². The van der Waals surface area contributed by atoms with Crippen LogP contribution in [-0.4, -0.2) is 17.6 Å². The van der Waals surface area contributed by atoms with E-state index in [0.29, 0.717) is 12.3 Å². The second kappa shape index (κ2) is 3.86. The minimum atomic E-state index is -0.212. The van der Waals surface area contributed by atoms with Crippen LogP contribution in [-0.2, 0) is 17.6 Å². The van der Waals surface area contributed by atoms with E-state index in [1.165, 1.54) is 24.0 Å². The number of esters is 1. The highest BCUT2D eigenvalue weighted by Crippen LogP contribution is 2.24. The van der Waals surface area contributed by atoms with Crippen molar-refractivity contribution in [1.29, 1.82) is 0 Å². The van der Waals surface area contributed by atoms with E-state index in [-0.39, 0.29) is 5.97 Å². The normalized spacial score (nSPS) is 14.9. The summed E-state index contributed by atoms with van der Waals surface area (Å²) in [7, 11) is 0. The molecule has 1 aromatic rings. The molecule has 76 valence electrons. The number of rotatable bonds is 2. The van der Waals surface area contributed by atoms with Gasteiger partial charge in [0.2, 0.25) is 0 Å². The molecule has 2 rings (SSSR count). The minimum Gasteiger partial charge on any atom is -0.461 e. The zero-order valence-electron chi connectivity index (χ0n) is 8.43. The van der Waals surface area contributed by atoms with E-state index in [4.69, 9.17) is 4.74 Å². The summed E-state index contributed by atoms with van der Waals surface area (Å²) in [5.74, 6) is -0.212. The van der Waals surface area contributed by atoms with Crippen LogP contribution < -0.4 is 0 Å². The molecule has 3 heteroatoms. The van der Waals surface area contributed by atoms with E-state index < -0.39 is 0 Å². The summed E-state index contributed by atoms with van der Waals surface area (Å²) >= 11 is 0. The third-order valence-corrected chi connectivity index (χ3v) is 2.68. The van der Waals surface area contributed by atoms with E-state index in [2.05, 4.69) is 4.98 Å². The first-order valence-electron chi connectivity index (χ1n) is 5.19. The molecule has 0 unspecified atom stereocenters. The third kappa shape index (κ3) is 1.54. The molecule has 1 aromatic heterocycles. The number of nitrogens with one attached hydrogen (secondary N) is 1. The molecule has 1 aliphatic rings. The van der Waals surface area contributed by atoms with Gasteiger partial charge in [-0.1, -0.05) is 0 Å². The molecule has 0 atom stereocenters. The molecular weight excluding hydrogens is 178 g/mol. The molecular formula is C11H15NO2. The Bertz CT molecular complexity index is 341. The summed E-state index contributed by atoms with van der Waals surface area (Å²) < 4.78 is 4.98. The smallest absolute Gasteiger partial charge is 0.355 e. The van der Waals surface area contributed by atoms with Gasteiger partial charge < -0.3 is 9.72 Å². The van der Waals surface area contributed by atoms with Crippen molar-refractivity contribution < 1.29 is 9.53 Å². The first kappa shape index (κ1) is 9.31. The molecule has 1 heterocycles. The fourth-order valence-electron chi connectivity index (χ4n) is 2.01. The zero-order valence-corrected chi connectivity index (χ0v) is 8.43. The van der Waals surface area contributed by atoms with Gasteiger partial charge in [-0.25, -0.2) is 4.79 Å². The second-order valence-electron chi connectivity index (χ2n) is 3.60. The number of aromatic nitrogens is 1. The molecule has 0 radical (unpaired) electrons. The molecule has 1 aliphatic carbocycles. The fourth-order valence-corrected chi connectivity index (χ4v) is 2.01. The maximum absolute atomic E-state index is 11.5. The highest BCUT2D eigenvalue weighted by molar-refractivity contribution is 5.89. The van der Waals surface area contributed by atoms with Gasteiger partial charge >= 0.3 is 5.97 Å². The Balaban J connectivity index is 2.25. The van der Waals surface area contributed by atoms with Crippen molar-refractivity contribution in [3.8, 4) is 0 Å². The van der Waals surface area contributed by atoms with Crippen molar-refractivity contribution in [2.45, 2.75) is 32.6 Å². The molecule has 0 aromatic carbocycles. The summed E-state index contributed by atoms with van der Waals surface area (Å²) in [6.45, 7) is 2.26. The first-order valence-corrected chi connectivity index (χ1v) is 5.19. The molecule has 0 fully saturated rings. The Labute approximate surface area is 83.5 Å². The number of aryl methyl sites for hydroxylation is 1. The summed E-state index contributed by atoms with van der Waals surface area (Å²) in [4.78, 5) is 14.6. The molecule has 0 spiro atoms.